The first kappa shape index (κ1) is 18.6. The van der Waals surface area contributed by atoms with Crippen molar-refractivity contribution in [2.24, 2.45) is 0 Å². The molecule has 2 aromatic heterocycles. The Hall–Kier alpha value is -2.75. The maximum Gasteiger partial charge on any atom is 0.249 e. The summed E-state index contributed by atoms with van der Waals surface area (Å²) in [7, 11) is 1.53. The van der Waals surface area contributed by atoms with E-state index in [4.69, 9.17) is 4.74 Å². The van der Waals surface area contributed by atoms with Crippen molar-refractivity contribution in [2.45, 2.75) is 37.8 Å². The number of rotatable bonds is 4. The van der Waals surface area contributed by atoms with Crippen LogP contribution in [-0.2, 0) is 26.3 Å². The Kier molecular flexibility index (Phi) is 4.88. The van der Waals surface area contributed by atoms with E-state index in [0.717, 1.165) is 17.8 Å². The van der Waals surface area contributed by atoms with E-state index in [1.807, 2.05) is 16.7 Å². The van der Waals surface area contributed by atoms with Crippen LogP contribution in [0.5, 0.6) is 0 Å². The van der Waals surface area contributed by atoms with Gasteiger partial charge in [0.2, 0.25) is 11.8 Å². The normalized spacial score (nSPS) is 19.5. The molecule has 0 saturated carbocycles. The zero-order chi connectivity index (χ0) is 19.7. The smallest absolute Gasteiger partial charge is 0.249 e. The van der Waals surface area contributed by atoms with Gasteiger partial charge in [0.05, 0.1) is 17.6 Å². The van der Waals surface area contributed by atoms with Gasteiger partial charge in [-0.2, -0.15) is 5.10 Å². The fraction of sp³-hybridized carbons (Fsp3) is 0.611. The number of carbonyl (C=O) groups excluding carboxylic acids is 2. The molecule has 10 nitrogen and oxygen atoms in total. The van der Waals surface area contributed by atoms with Gasteiger partial charge in [0, 0.05) is 38.9 Å². The molecule has 1 atom stereocenters. The van der Waals surface area contributed by atoms with Gasteiger partial charge in [-0.05, 0) is 19.8 Å². The summed E-state index contributed by atoms with van der Waals surface area (Å²) in [4.78, 5) is 41.1. The Morgan fingerprint density at radius 1 is 1.32 bits per heavy atom. The molecule has 1 spiro atoms. The number of nitrogens with one attached hydrogen (secondary N) is 1. The molecule has 0 bridgehead atoms. The van der Waals surface area contributed by atoms with Crippen LogP contribution in [-0.4, -0.2) is 79.7 Å². The predicted octanol–water partition coefficient (Wildman–Crippen LogP) is 0.111. The van der Waals surface area contributed by atoms with Gasteiger partial charge in [-0.3, -0.25) is 9.59 Å². The Balaban J connectivity index is 1.55. The van der Waals surface area contributed by atoms with Crippen molar-refractivity contribution in [1.82, 2.24) is 34.5 Å². The fourth-order valence-electron chi connectivity index (χ4n) is 4.44. The lowest BCUT2D eigenvalue weighted by atomic mass is 9.78. The Morgan fingerprint density at radius 2 is 2.11 bits per heavy atom. The minimum Gasteiger partial charge on any atom is -0.375 e. The summed E-state index contributed by atoms with van der Waals surface area (Å²) in [6, 6.07) is -0.407. The van der Waals surface area contributed by atoms with Crippen molar-refractivity contribution in [1.29, 1.82) is 0 Å². The molecule has 0 aromatic carbocycles. The van der Waals surface area contributed by atoms with E-state index in [2.05, 4.69) is 20.1 Å². The Bertz CT molecular complexity index is 839. The summed E-state index contributed by atoms with van der Waals surface area (Å²) >= 11 is 0. The molecular formula is C18H25N7O3. The molecule has 4 heterocycles. The predicted molar refractivity (Wildman–Crippen MR) is 98.1 cm³/mol. The number of methoxy groups -OCH3 is 1. The number of hydrogen-bond donors (Lipinski definition) is 1. The van der Waals surface area contributed by atoms with E-state index in [1.54, 1.807) is 17.3 Å². The first-order valence-corrected chi connectivity index (χ1v) is 9.52. The molecule has 4 rings (SSSR count). The third kappa shape index (κ3) is 2.97. The number of amides is 2. The van der Waals surface area contributed by atoms with Crippen LogP contribution < -0.4 is 0 Å². The monoisotopic (exact) mass is 387 g/mol. The number of ether oxygens (including phenoxy) is 1. The molecule has 10 heteroatoms. The number of aromatic amines is 1. The fourth-order valence-corrected chi connectivity index (χ4v) is 4.44. The van der Waals surface area contributed by atoms with Crippen molar-refractivity contribution in [3.8, 4) is 0 Å². The molecule has 2 amide bonds. The third-order valence-corrected chi connectivity index (χ3v) is 5.92. The molecule has 1 N–H and O–H groups in total. The van der Waals surface area contributed by atoms with Gasteiger partial charge in [0.1, 0.15) is 25.3 Å². The average molecular weight is 387 g/mol. The lowest BCUT2D eigenvalue weighted by molar-refractivity contribution is -0.148. The highest BCUT2D eigenvalue weighted by Gasteiger charge is 2.49. The first-order valence-electron chi connectivity index (χ1n) is 9.52. The lowest BCUT2D eigenvalue weighted by Gasteiger charge is -2.50. The highest BCUT2D eigenvalue weighted by molar-refractivity contribution is 5.81. The molecule has 2 aliphatic rings. The summed E-state index contributed by atoms with van der Waals surface area (Å²) in [5, 5.41) is 4.07. The highest BCUT2D eigenvalue weighted by Crippen LogP contribution is 2.42. The van der Waals surface area contributed by atoms with E-state index >= 15 is 0 Å². The number of aromatic nitrogens is 5. The summed E-state index contributed by atoms with van der Waals surface area (Å²) < 4.78 is 6.66. The van der Waals surface area contributed by atoms with Crippen LogP contribution in [0, 0.1) is 0 Å². The molecule has 150 valence electrons. The van der Waals surface area contributed by atoms with Gasteiger partial charge >= 0.3 is 0 Å². The van der Waals surface area contributed by atoms with Crippen molar-refractivity contribution >= 4 is 11.8 Å². The van der Waals surface area contributed by atoms with E-state index in [9.17, 15) is 9.59 Å². The summed E-state index contributed by atoms with van der Waals surface area (Å²) in [5.74, 6) is -0.0277. The van der Waals surface area contributed by atoms with Gasteiger partial charge in [-0.1, -0.05) is 0 Å². The number of carbonyl (C=O) groups is 2. The van der Waals surface area contributed by atoms with Gasteiger partial charge in [-0.15, -0.1) is 0 Å². The zero-order valence-corrected chi connectivity index (χ0v) is 16.2. The highest BCUT2D eigenvalue weighted by atomic mass is 16.5. The van der Waals surface area contributed by atoms with Crippen LogP contribution in [0.1, 0.15) is 37.2 Å². The van der Waals surface area contributed by atoms with Gasteiger partial charge in [0.15, 0.2) is 0 Å². The average Bonchev–Trinajstić information content (AvgIpc) is 3.40. The summed E-state index contributed by atoms with van der Waals surface area (Å²) in [5.41, 5.74) is 1.52. The van der Waals surface area contributed by atoms with Crippen LogP contribution in [0.15, 0.2) is 19.0 Å². The lowest BCUT2D eigenvalue weighted by Crippen LogP contribution is -2.59. The number of H-pyrrole nitrogens is 1. The summed E-state index contributed by atoms with van der Waals surface area (Å²) in [6.07, 6.45) is 6.72. The number of hydrogen-bond acceptors (Lipinski definition) is 6. The van der Waals surface area contributed by atoms with Crippen LogP contribution >= 0.6 is 0 Å². The largest absolute Gasteiger partial charge is 0.375 e. The topological polar surface area (TPSA) is 109 Å². The number of nitrogens with zero attached hydrogens (tertiary/aromatic N) is 6. The van der Waals surface area contributed by atoms with Gasteiger partial charge in [-0.25, -0.2) is 14.6 Å². The van der Waals surface area contributed by atoms with Crippen molar-refractivity contribution in [2.75, 3.05) is 33.4 Å². The molecule has 1 unspecified atom stereocenters. The van der Waals surface area contributed by atoms with E-state index < -0.39 is 11.6 Å². The second-order valence-corrected chi connectivity index (χ2v) is 7.37. The molecule has 28 heavy (non-hydrogen) atoms. The van der Waals surface area contributed by atoms with Crippen molar-refractivity contribution < 1.29 is 14.3 Å². The van der Waals surface area contributed by atoms with Gasteiger partial charge < -0.3 is 19.5 Å². The second kappa shape index (κ2) is 7.34. The summed E-state index contributed by atoms with van der Waals surface area (Å²) in [6.45, 7) is 3.61. The molecule has 1 saturated heterocycles. The van der Waals surface area contributed by atoms with Crippen LogP contribution in [0.3, 0.4) is 0 Å². The molecule has 2 aromatic rings. The number of imidazole rings is 1. The van der Waals surface area contributed by atoms with E-state index in [0.29, 0.717) is 32.5 Å². The van der Waals surface area contributed by atoms with Crippen molar-refractivity contribution in [3.63, 3.8) is 0 Å². The number of fused-ring (bicyclic) bond motifs is 2. The minimum atomic E-state index is -0.490. The second-order valence-electron chi connectivity index (χ2n) is 7.37. The Labute approximate surface area is 162 Å². The standard InChI is InChI=1S/C18H25N7O3/c1-13(25-12-19-10-22-25)17(27)23-7-4-18(5-8-23)16-14(20-11-21-16)3-6-24(18)15(26)9-28-2/h10-13H,3-9H2,1-2H3,(H,20,21). The zero-order valence-electron chi connectivity index (χ0n) is 16.2. The van der Waals surface area contributed by atoms with Gasteiger partial charge in [0.25, 0.3) is 0 Å². The number of likely N-dealkylation sites (tertiary alicyclic amines) is 1. The maximum atomic E-state index is 12.9. The van der Waals surface area contributed by atoms with Crippen LogP contribution in [0.4, 0.5) is 0 Å². The molecule has 0 aliphatic carbocycles. The minimum absolute atomic E-state index is 0.00757. The van der Waals surface area contributed by atoms with Crippen molar-refractivity contribution in [3.05, 3.63) is 30.4 Å². The third-order valence-electron chi connectivity index (χ3n) is 5.92. The molecule has 1 fully saturated rings. The molecule has 0 radical (unpaired) electrons. The van der Waals surface area contributed by atoms with E-state index in [1.165, 1.54) is 13.4 Å². The molecule has 2 aliphatic heterocycles. The van der Waals surface area contributed by atoms with Crippen LogP contribution in [0.25, 0.3) is 0 Å². The quantitative estimate of drug-likeness (QED) is 0.798. The SMILES string of the molecule is COCC(=O)N1CCc2[nH]cnc2C12CCN(C(=O)C(C)n1cncn1)CC2. The van der Waals surface area contributed by atoms with E-state index in [-0.39, 0.29) is 18.4 Å². The maximum absolute atomic E-state index is 12.9. The van der Waals surface area contributed by atoms with Crippen LogP contribution in [0.2, 0.25) is 0 Å². The Morgan fingerprint density at radius 3 is 2.79 bits per heavy atom. The molecular weight excluding hydrogens is 362 g/mol. The first-order chi connectivity index (χ1) is 13.6. The number of piperidine rings is 1.